The Hall–Kier alpha value is -3.71. The Morgan fingerprint density at radius 3 is 2.39 bits per heavy atom. The van der Waals surface area contributed by atoms with Gasteiger partial charge in [-0.1, -0.05) is 18.2 Å². The van der Waals surface area contributed by atoms with E-state index in [9.17, 15) is 18.7 Å². The molecule has 2 aliphatic heterocycles. The normalized spacial score (nSPS) is 17.3. The van der Waals surface area contributed by atoms with Crippen LogP contribution in [0.4, 0.5) is 14.5 Å². The van der Waals surface area contributed by atoms with Crippen molar-refractivity contribution in [3.05, 3.63) is 94.7 Å². The molecule has 0 aromatic heterocycles. The van der Waals surface area contributed by atoms with Gasteiger partial charge >= 0.3 is 0 Å². The van der Waals surface area contributed by atoms with Crippen LogP contribution in [0.1, 0.15) is 21.5 Å². The van der Waals surface area contributed by atoms with Crippen LogP contribution in [-0.2, 0) is 6.54 Å². The van der Waals surface area contributed by atoms with E-state index in [1.165, 1.54) is 36.4 Å². The number of phenols is 1. The first-order valence-corrected chi connectivity index (χ1v) is 10.8. The van der Waals surface area contributed by atoms with Crippen LogP contribution >= 0.6 is 0 Å². The number of ketones is 1. The number of hydrogen-bond donors (Lipinski definition) is 1. The summed E-state index contributed by atoms with van der Waals surface area (Å²) in [5.74, 6) is -0.639. The Morgan fingerprint density at radius 2 is 1.67 bits per heavy atom. The molecular formula is C26H22F2N2O3. The number of Topliss-reactive ketones (excluding diaryl/α,β-unsaturated/α-hetero) is 1. The topological polar surface area (TPSA) is 53.0 Å². The molecular weight excluding hydrogens is 426 g/mol. The van der Waals surface area contributed by atoms with Gasteiger partial charge in [0.1, 0.15) is 23.1 Å². The Kier molecular flexibility index (Phi) is 5.56. The average molecular weight is 448 g/mol. The number of halogens is 2. The van der Waals surface area contributed by atoms with Gasteiger partial charge in [-0.05, 0) is 48.5 Å². The quantitative estimate of drug-likeness (QED) is 0.591. The van der Waals surface area contributed by atoms with E-state index in [-0.39, 0.29) is 28.7 Å². The van der Waals surface area contributed by atoms with Gasteiger partial charge in [0.2, 0.25) is 5.78 Å². The first kappa shape index (κ1) is 21.2. The van der Waals surface area contributed by atoms with Crippen molar-refractivity contribution in [2.24, 2.45) is 0 Å². The van der Waals surface area contributed by atoms with Crippen LogP contribution in [0, 0.1) is 11.6 Å². The molecule has 1 N–H and O–H groups in total. The lowest BCUT2D eigenvalue weighted by atomic mass is 10.0. The number of fused-ring (bicyclic) bond motifs is 1. The molecule has 5 rings (SSSR count). The summed E-state index contributed by atoms with van der Waals surface area (Å²) in [6.45, 7) is 3.37. The Bertz CT molecular complexity index is 1230. The molecule has 5 nitrogen and oxygen atoms in total. The molecule has 0 unspecified atom stereocenters. The van der Waals surface area contributed by atoms with Crippen molar-refractivity contribution in [1.82, 2.24) is 4.90 Å². The molecule has 0 amide bonds. The van der Waals surface area contributed by atoms with E-state index in [0.717, 1.165) is 31.9 Å². The highest BCUT2D eigenvalue weighted by molar-refractivity contribution is 6.15. The molecule has 0 atom stereocenters. The standard InChI is InChI=1S/C26H22F2N2O3/c27-18-5-7-19(8-6-18)30-13-11-29(12-14-30)16-21-23(31)10-9-20-25(32)24(33-26(20)21)15-17-3-1-2-4-22(17)28/h1-10,15,31H,11-14,16H2/b24-15-. The number of hydrogen-bond acceptors (Lipinski definition) is 5. The van der Waals surface area contributed by atoms with Crippen molar-refractivity contribution >= 4 is 17.5 Å². The number of piperazine rings is 1. The summed E-state index contributed by atoms with van der Waals surface area (Å²) in [6.07, 6.45) is 1.39. The Labute approximate surface area is 190 Å². The van der Waals surface area contributed by atoms with Crippen LogP contribution in [0.15, 0.2) is 66.4 Å². The van der Waals surface area contributed by atoms with Gasteiger partial charge in [-0.2, -0.15) is 0 Å². The summed E-state index contributed by atoms with van der Waals surface area (Å²) in [7, 11) is 0. The van der Waals surface area contributed by atoms with E-state index in [4.69, 9.17) is 4.74 Å². The number of anilines is 1. The minimum absolute atomic E-state index is 0.0306. The highest BCUT2D eigenvalue weighted by Crippen LogP contribution is 2.40. The SMILES string of the molecule is O=C1/C(=C/c2ccccc2F)Oc2c1ccc(O)c2CN1CCN(c2ccc(F)cc2)CC1. The summed E-state index contributed by atoms with van der Waals surface area (Å²) in [5, 5.41) is 10.5. The van der Waals surface area contributed by atoms with Crippen molar-refractivity contribution in [2.45, 2.75) is 6.54 Å². The van der Waals surface area contributed by atoms with Gasteiger partial charge in [0.25, 0.3) is 0 Å². The third-order valence-electron chi connectivity index (χ3n) is 6.05. The predicted molar refractivity (Wildman–Crippen MR) is 121 cm³/mol. The van der Waals surface area contributed by atoms with E-state index in [0.29, 0.717) is 23.4 Å². The molecule has 168 valence electrons. The van der Waals surface area contributed by atoms with Crippen LogP contribution in [0.2, 0.25) is 0 Å². The number of nitrogens with zero attached hydrogens (tertiary/aromatic N) is 2. The lowest BCUT2D eigenvalue weighted by molar-refractivity contribution is 0.101. The molecule has 0 bridgehead atoms. The monoisotopic (exact) mass is 448 g/mol. The zero-order valence-electron chi connectivity index (χ0n) is 17.8. The molecule has 0 spiro atoms. The maximum atomic E-state index is 14.0. The van der Waals surface area contributed by atoms with E-state index in [1.807, 2.05) is 0 Å². The van der Waals surface area contributed by atoms with Crippen molar-refractivity contribution in [1.29, 1.82) is 0 Å². The van der Waals surface area contributed by atoms with E-state index < -0.39 is 5.82 Å². The van der Waals surface area contributed by atoms with Crippen LogP contribution in [-0.4, -0.2) is 42.0 Å². The highest BCUT2D eigenvalue weighted by Gasteiger charge is 2.32. The summed E-state index contributed by atoms with van der Waals surface area (Å²) >= 11 is 0. The predicted octanol–water partition coefficient (Wildman–Crippen LogP) is 4.61. The lowest BCUT2D eigenvalue weighted by Crippen LogP contribution is -2.46. The maximum Gasteiger partial charge on any atom is 0.231 e. The number of ether oxygens (including phenoxy) is 1. The van der Waals surface area contributed by atoms with Crippen molar-refractivity contribution in [3.8, 4) is 11.5 Å². The molecule has 3 aromatic carbocycles. The lowest BCUT2D eigenvalue weighted by Gasteiger charge is -2.36. The third kappa shape index (κ3) is 4.19. The van der Waals surface area contributed by atoms with Crippen LogP contribution in [0.5, 0.6) is 11.5 Å². The zero-order valence-corrected chi connectivity index (χ0v) is 17.8. The third-order valence-corrected chi connectivity index (χ3v) is 6.05. The number of phenolic OH excluding ortho intramolecular Hbond substituents is 1. The smallest absolute Gasteiger partial charge is 0.231 e. The van der Waals surface area contributed by atoms with Crippen LogP contribution in [0.3, 0.4) is 0 Å². The summed E-state index contributed by atoms with van der Waals surface area (Å²) < 4.78 is 33.1. The van der Waals surface area contributed by atoms with E-state index in [2.05, 4.69) is 9.80 Å². The van der Waals surface area contributed by atoms with Gasteiger partial charge < -0.3 is 14.7 Å². The van der Waals surface area contributed by atoms with Gasteiger partial charge in [0.15, 0.2) is 5.76 Å². The van der Waals surface area contributed by atoms with Gasteiger partial charge in [-0.3, -0.25) is 9.69 Å². The molecule has 1 saturated heterocycles. The number of carbonyl (C=O) groups is 1. The summed E-state index contributed by atoms with van der Waals surface area (Å²) in [6, 6.07) is 15.6. The van der Waals surface area contributed by atoms with Crippen molar-refractivity contribution in [2.75, 3.05) is 31.1 Å². The molecule has 2 heterocycles. The van der Waals surface area contributed by atoms with Crippen molar-refractivity contribution in [3.63, 3.8) is 0 Å². The number of aromatic hydroxyl groups is 1. The molecule has 0 radical (unpaired) electrons. The molecule has 3 aromatic rings. The fourth-order valence-corrected chi connectivity index (χ4v) is 4.22. The number of allylic oxidation sites excluding steroid dienone is 1. The Morgan fingerprint density at radius 1 is 0.939 bits per heavy atom. The number of benzene rings is 3. The molecule has 7 heteroatoms. The molecule has 2 aliphatic rings. The van der Waals surface area contributed by atoms with Gasteiger partial charge in [-0.15, -0.1) is 0 Å². The van der Waals surface area contributed by atoms with Gasteiger partial charge in [-0.25, -0.2) is 8.78 Å². The first-order valence-electron chi connectivity index (χ1n) is 10.8. The van der Waals surface area contributed by atoms with Crippen LogP contribution in [0.25, 0.3) is 6.08 Å². The largest absolute Gasteiger partial charge is 0.507 e. The van der Waals surface area contributed by atoms with Gasteiger partial charge in [0.05, 0.1) is 11.1 Å². The second kappa shape index (κ2) is 8.67. The van der Waals surface area contributed by atoms with E-state index in [1.54, 1.807) is 30.3 Å². The number of rotatable bonds is 4. The molecule has 1 fully saturated rings. The molecule has 0 aliphatic carbocycles. The van der Waals surface area contributed by atoms with Gasteiger partial charge in [0, 0.05) is 44.0 Å². The minimum Gasteiger partial charge on any atom is -0.507 e. The molecule has 0 saturated carbocycles. The second-order valence-electron chi connectivity index (χ2n) is 8.14. The Balaban J connectivity index is 1.33. The summed E-state index contributed by atoms with van der Waals surface area (Å²) in [5.41, 5.74) is 2.12. The van der Waals surface area contributed by atoms with E-state index >= 15 is 0 Å². The number of carbonyl (C=O) groups excluding carboxylic acids is 1. The average Bonchev–Trinajstić information content (AvgIpc) is 3.14. The summed E-state index contributed by atoms with van der Waals surface area (Å²) in [4.78, 5) is 17.2. The minimum atomic E-state index is -0.445. The van der Waals surface area contributed by atoms with Crippen molar-refractivity contribution < 1.29 is 23.4 Å². The zero-order chi connectivity index (χ0) is 22.9. The fourth-order valence-electron chi connectivity index (χ4n) is 4.22. The highest BCUT2D eigenvalue weighted by atomic mass is 19.1. The second-order valence-corrected chi connectivity index (χ2v) is 8.14. The maximum absolute atomic E-state index is 14.0. The molecule has 33 heavy (non-hydrogen) atoms. The van der Waals surface area contributed by atoms with Crippen LogP contribution < -0.4 is 9.64 Å². The first-order chi connectivity index (χ1) is 16.0. The fraction of sp³-hybridized carbons (Fsp3) is 0.192.